The van der Waals surface area contributed by atoms with E-state index in [9.17, 15) is 0 Å². The molecule has 2 aromatic heterocycles. The van der Waals surface area contributed by atoms with Crippen molar-refractivity contribution >= 4 is 5.69 Å². The number of nitrogens with two attached hydrogens (primary N) is 1. The van der Waals surface area contributed by atoms with E-state index in [4.69, 9.17) is 15.0 Å². The Kier molecular flexibility index (Phi) is 3.88. The quantitative estimate of drug-likeness (QED) is 0.872. The van der Waals surface area contributed by atoms with Crippen molar-refractivity contribution in [1.82, 2.24) is 15.1 Å². The third kappa shape index (κ3) is 2.65. The van der Waals surface area contributed by atoms with Crippen molar-refractivity contribution in [1.29, 1.82) is 0 Å². The summed E-state index contributed by atoms with van der Waals surface area (Å²) in [5, 5.41) is 3.93. The third-order valence-corrected chi connectivity index (χ3v) is 2.57. The average Bonchev–Trinajstić information content (AvgIpc) is 2.85. The average molecular weight is 248 g/mol. The SMILES string of the molecule is CCCC(OC)c1noc(-c2cncc(N)c2)n1. The van der Waals surface area contributed by atoms with Crippen LogP contribution < -0.4 is 5.73 Å². The van der Waals surface area contributed by atoms with E-state index >= 15 is 0 Å². The summed E-state index contributed by atoms with van der Waals surface area (Å²) in [6.45, 7) is 2.08. The van der Waals surface area contributed by atoms with Crippen LogP contribution >= 0.6 is 0 Å². The number of anilines is 1. The highest BCUT2D eigenvalue weighted by atomic mass is 16.5. The van der Waals surface area contributed by atoms with Gasteiger partial charge in [-0.1, -0.05) is 18.5 Å². The van der Waals surface area contributed by atoms with Crippen LogP contribution in [0.25, 0.3) is 11.5 Å². The lowest BCUT2D eigenvalue weighted by Crippen LogP contribution is -2.03. The van der Waals surface area contributed by atoms with Gasteiger partial charge in [0, 0.05) is 19.5 Å². The maximum atomic E-state index is 5.66. The summed E-state index contributed by atoms with van der Waals surface area (Å²) in [6, 6.07) is 1.74. The van der Waals surface area contributed by atoms with Crippen LogP contribution in [0, 0.1) is 0 Å². The maximum absolute atomic E-state index is 5.66. The minimum Gasteiger partial charge on any atom is -0.397 e. The second-order valence-electron chi connectivity index (χ2n) is 3.98. The number of ether oxygens (including phenoxy) is 1. The molecule has 0 spiro atoms. The lowest BCUT2D eigenvalue weighted by molar-refractivity contribution is 0.0854. The van der Waals surface area contributed by atoms with Crippen LogP contribution in [0.5, 0.6) is 0 Å². The zero-order chi connectivity index (χ0) is 13.0. The molecule has 6 heteroatoms. The predicted molar refractivity (Wildman–Crippen MR) is 66.6 cm³/mol. The summed E-state index contributed by atoms with van der Waals surface area (Å²) in [6.07, 6.45) is 4.90. The molecule has 2 N–H and O–H groups in total. The number of hydrogen-bond acceptors (Lipinski definition) is 6. The molecule has 0 aromatic carbocycles. The second-order valence-corrected chi connectivity index (χ2v) is 3.98. The molecule has 0 saturated heterocycles. The molecule has 0 bridgehead atoms. The second kappa shape index (κ2) is 5.59. The first-order chi connectivity index (χ1) is 8.74. The van der Waals surface area contributed by atoms with Crippen LogP contribution in [0.15, 0.2) is 23.0 Å². The van der Waals surface area contributed by atoms with E-state index in [1.165, 1.54) is 0 Å². The highest BCUT2D eigenvalue weighted by Crippen LogP contribution is 2.23. The van der Waals surface area contributed by atoms with Crippen LogP contribution in [0.1, 0.15) is 31.7 Å². The van der Waals surface area contributed by atoms with E-state index in [1.54, 1.807) is 25.6 Å². The Morgan fingerprint density at radius 2 is 2.28 bits per heavy atom. The molecule has 0 radical (unpaired) electrons. The first kappa shape index (κ1) is 12.5. The molecule has 0 aliphatic carbocycles. The van der Waals surface area contributed by atoms with Gasteiger partial charge in [0.15, 0.2) is 0 Å². The van der Waals surface area contributed by atoms with Gasteiger partial charge in [-0.15, -0.1) is 0 Å². The molecule has 96 valence electrons. The number of nitrogens with zero attached hydrogens (tertiary/aromatic N) is 3. The molecule has 0 aliphatic rings. The van der Waals surface area contributed by atoms with Crippen molar-refractivity contribution in [3.8, 4) is 11.5 Å². The van der Waals surface area contributed by atoms with Crippen LogP contribution in [-0.2, 0) is 4.74 Å². The fourth-order valence-electron chi connectivity index (χ4n) is 1.67. The van der Waals surface area contributed by atoms with Gasteiger partial charge < -0.3 is 15.0 Å². The molecular weight excluding hydrogens is 232 g/mol. The molecule has 18 heavy (non-hydrogen) atoms. The summed E-state index contributed by atoms with van der Waals surface area (Å²) in [7, 11) is 1.64. The summed E-state index contributed by atoms with van der Waals surface area (Å²) >= 11 is 0. The van der Waals surface area contributed by atoms with Gasteiger partial charge in [-0.3, -0.25) is 4.98 Å². The topological polar surface area (TPSA) is 87.1 Å². The molecule has 2 aromatic rings. The van der Waals surface area contributed by atoms with Crippen LogP contribution in [0.3, 0.4) is 0 Å². The fraction of sp³-hybridized carbons (Fsp3) is 0.417. The molecule has 0 aliphatic heterocycles. The fourth-order valence-corrected chi connectivity index (χ4v) is 1.67. The molecule has 2 heterocycles. The number of nitrogen functional groups attached to an aromatic ring is 1. The first-order valence-electron chi connectivity index (χ1n) is 5.82. The lowest BCUT2D eigenvalue weighted by atomic mass is 10.2. The zero-order valence-corrected chi connectivity index (χ0v) is 10.5. The normalized spacial score (nSPS) is 12.6. The number of aromatic nitrogens is 3. The Morgan fingerprint density at radius 3 is 2.94 bits per heavy atom. The standard InChI is InChI=1S/C12H16N4O2/c1-3-4-10(17-2)11-15-12(18-16-11)8-5-9(13)7-14-6-8/h5-7,10H,3-4,13H2,1-2H3. The highest BCUT2D eigenvalue weighted by molar-refractivity contribution is 5.57. The first-order valence-corrected chi connectivity index (χ1v) is 5.82. The van der Waals surface area contributed by atoms with Gasteiger partial charge in [-0.2, -0.15) is 4.98 Å². The number of methoxy groups -OCH3 is 1. The smallest absolute Gasteiger partial charge is 0.259 e. The molecule has 0 saturated carbocycles. The van der Waals surface area contributed by atoms with Gasteiger partial charge in [0.2, 0.25) is 5.82 Å². The van der Waals surface area contributed by atoms with Crippen molar-refractivity contribution in [2.75, 3.05) is 12.8 Å². The van der Waals surface area contributed by atoms with Crippen LogP contribution in [0.4, 0.5) is 5.69 Å². The summed E-state index contributed by atoms with van der Waals surface area (Å²) in [4.78, 5) is 8.30. The Hall–Kier alpha value is -1.95. The number of pyridine rings is 1. The molecule has 0 amide bonds. The van der Waals surface area contributed by atoms with Crippen molar-refractivity contribution in [2.45, 2.75) is 25.9 Å². The summed E-state index contributed by atoms with van der Waals surface area (Å²) < 4.78 is 10.5. The zero-order valence-electron chi connectivity index (χ0n) is 10.5. The van der Waals surface area contributed by atoms with E-state index in [0.717, 1.165) is 12.8 Å². The highest BCUT2D eigenvalue weighted by Gasteiger charge is 2.17. The van der Waals surface area contributed by atoms with E-state index in [-0.39, 0.29) is 6.10 Å². The maximum Gasteiger partial charge on any atom is 0.259 e. The number of hydrogen-bond donors (Lipinski definition) is 1. The van der Waals surface area contributed by atoms with Crippen LogP contribution in [-0.4, -0.2) is 22.2 Å². The third-order valence-electron chi connectivity index (χ3n) is 2.57. The van der Waals surface area contributed by atoms with Gasteiger partial charge in [0.05, 0.1) is 11.3 Å². The van der Waals surface area contributed by atoms with E-state index < -0.39 is 0 Å². The predicted octanol–water partition coefficient (Wildman–Crippen LogP) is 2.20. The molecular formula is C12H16N4O2. The van der Waals surface area contributed by atoms with Crippen molar-refractivity contribution in [2.24, 2.45) is 0 Å². The lowest BCUT2D eigenvalue weighted by Gasteiger charge is -2.08. The Balaban J connectivity index is 2.24. The van der Waals surface area contributed by atoms with E-state index in [0.29, 0.717) is 23.0 Å². The minimum absolute atomic E-state index is 0.137. The summed E-state index contributed by atoms with van der Waals surface area (Å²) in [5.41, 5.74) is 6.93. The number of rotatable bonds is 5. The Morgan fingerprint density at radius 1 is 1.44 bits per heavy atom. The monoisotopic (exact) mass is 248 g/mol. The van der Waals surface area contributed by atoms with Gasteiger partial charge in [-0.05, 0) is 12.5 Å². The van der Waals surface area contributed by atoms with E-state index in [1.807, 2.05) is 0 Å². The van der Waals surface area contributed by atoms with Gasteiger partial charge >= 0.3 is 0 Å². The van der Waals surface area contributed by atoms with Gasteiger partial charge in [0.25, 0.3) is 5.89 Å². The molecule has 1 atom stereocenters. The molecule has 6 nitrogen and oxygen atoms in total. The largest absolute Gasteiger partial charge is 0.397 e. The van der Waals surface area contributed by atoms with Gasteiger partial charge in [-0.25, -0.2) is 0 Å². The molecule has 0 fully saturated rings. The minimum atomic E-state index is -0.137. The van der Waals surface area contributed by atoms with E-state index in [2.05, 4.69) is 22.0 Å². The molecule has 2 rings (SSSR count). The van der Waals surface area contributed by atoms with Crippen molar-refractivity contribution in [3.05, 3.63) is 24.3 Å². The van der Waals surface area contributed by atoms with Crippen LogP contribution in [0.2, 0.25) is 0 Å². The Bertz CT molecular complexity index is 512. The summed E-state index contributed by atoms with van der Waals surface area (Å²) in [5.74, 6) is 0.958. The molecule has 1 unspecified atom stereocenters. The van der Waals surface area contributed by atoms with Gasteiger partial charge in [0.1, 0.15) is 6.10 Å². The van der Waals surface area contributed by atoms with Crippen molar-refractivity contribution < 1.29 is 9.26 Å². The Labute approximate surface area is 105 Å². The van der Waals surface area contributed by atoms with Crippen molar-refractivity contribution in [3.63, 3.8) is 0 Å².